The van der Waals surface area contributed by atoms with Crippen molar-refractivity contribution in [3.05, 3.63) is 52.3 Å². The predicted molar refractivity (Wildman–Crippen MR) is 103 cm³/mol. The van der Waals surface area contributed by atoms with Crippen molar-refractivity contribution in [3.8, 4) is 0 Å². The van der Waals surface area contributed by atoms with Gasteiger partial charge in [0.1, 0.15) is 5.69 Å². The fourth-order valence-electron chi connectivity index (χ4n) is 4.49. The first-order valence-electron chi connectivity index (χ1n) is 9.42. The third-order valence-electron chi connectivity index (χ3n) is 5.78. The topological polar surface area (TPSA) is 65.6 Å². The smallest absolute Gasteiger partial charge is 0.354 e. The summed E-state index contributed by atoms with van der Waals surface area (Å²) in [6.07, 6.45) is 1.90. The Morgan fingerprint density at radius 1 is 1.19 bits per heavy atom. The number of carbonyl (C=O) groups is 2. The molecule has 1 unspecified atom stereocenters. The molecule has 0 saturated carbocycles. The zero-order valence-electron chi connectivity index (χ0n) is 16.0. The number of hydrogen-bond donors (Lipinski definition) is 1. The monoisotopic (exact) mass is 367 g/mol. The zero-order valence-corrected chi connectivity index (χ0v) is 16.0. The number of fused-ring (bicyclic) bond motifs is 3. The van der Waals surface area contributed by atoms with Gasteiger partial charge in [-0.15, -0.1) is 0 Å². The summed E-state index contributed by atoms with van der Waals surface area (Å²) in [4.78, 5) is 32.7. The van der Waals surface area contributed by atoms with Crippen LogP contribution >= 0.6 is 0 Å². The molecule has 1 aromatic heterocycles. The van der Waals surface area contributed by atoms with E-state index >= 15 is 0 Å². The Morgan fingerprint density at radius 3 is 2.74 bits per heavy atom. The largest absolute Gasteiger partial charge is 0.464 e. The van der Waals surface area contributed by atoms with Gasteiger partial charge < -0.3 is 19.5 Å². The Balaban J connectivity index is 1.59. The second-order valence-corrected chi connectivity index (χ2v) is 7.40. The molecule has 1 N–H and O–H groups in total. The molecule has 1 fully saturated rings. The number of nitrogens with zero attached hydrogens (tertiary/aromatic N) is 2. The molecule has 1 saturated heterocycles. The van der Waals surface area contributed by atoms with Gasteiger partial charge in [0, 0.05) is 31.0 Å². The van der Waals surface area contributed by atoms with Crippen LogP contribution in [-0.4, -0.2) is 54.5 Å². The third-order valence-corrected chi connectivity index (χ3v) is 5.78. The van der Waals surface area contributed by atoms with Gasteiger partial charge in [0.2, 0.25) is 0 Å². The summed E-state index contributed by atoms with van der Waals surface area (Å²) < 4.78 is 4.82. The molecule has 3 heterocycles. The number of esters is 1. The van der Waals surface area contributed by atoms with E-state index in [-0.39, 0.29) is 5.91 Å². The van der Waals surface area contributed by atoms with Crippen molar-refractivity contribution in [1.82, 2.24) is 9.88 Å². The van der Waals surface area contributed by atoms with Crippen LogP contribution in [0.2, 0.25) is 0 Å². The first kappa shape index (κ1) is 17.6. The van der Waals surface area contributed by atoms with Crippen molar-refractivity contribution in [1.29, 1.82) is 0 Å². The van der Waals surface area contributed by atoms with Gasteiger partial charge in [0.15, 0.2) is 0 Å². The third kappa shape index (κ3) is 2.89. The number of aromatic nitrogens is 1. The van der Waals surface area contributed by atoms with E-state index in [1.54, 1.807) is 6.92 Å². The van der Waals surface area contributed by atoms with Gasteiger partial charge in [-0.3, -0.25) is 4.79 Å². The predicted octanol–water partition coefficient (Wildman–Crippen LogP) is 2.70. The maximum atomic E-state index is 13.3. The maximum absolute atomic E-state index is 13.3. The van der Waals surface area contributed by atoms with Crippen LogP contribution < -0.4 is 4.90 Å². The molecule has 2 aromatic rings. The molecule has 6 heteroatoms. The minimum Gasteiger partial charge on any atom is -0.464 e. The molecule has 0 bridgehead atoms. The summed E-state index contributed by atoms with van der Waals surface area (Å²) >= 11 is 0. The van der Waals surface area contributed by atoms with Gasteiger partial charge in [-0.25, -0.2) is 4.79 Å². The number of amides is 1. The summed E-state index contributed by atoms with van der Waals surface area (Å²) in [5, 5.41) is 0. The summed E-state index contributed by atoms with van der Waals surface area (Å²) in [5.41, 5.74) is 5.01. The zero-order chi connectivity index (χ0) is 19.1. The highest BCUT2D eigenvalue weighted by Crippen LogP contribution is 2.34. The summed E-state index contributed by atoms with van der Waals surface area (Å²) in [5.74, 6) is -0.447. The van der Waals surface area contributed by atoms with Crippen molar-refractivity contribution >= 4 is 17.6 Å². The number of H-pyrrole nitrogens is 1. The standard InChI is InChI=1S/C21H25N3O3/c1-13-18(14(2)22-19(13)21(26)27-3)20(25)23-9-6-10-24-16(12-23)11-15-7-4-5-8-17(15)24/h4-5,7-8,16,22H,6,9-12H2,1-3H3. The van der Waals surface area contributed by atoms with E-state index in [0.29, 0.717) is 35.1 Å². The van der Waals surface area contributed by atoms with E-state index in [1.807, 2.05) is 11.8 Å². The van der Waals surface area contributed by atoms with Crippen LogP contribution in [0.3, 0.4) is 0 Å². The Bertz CT molecular complexity index is 902. The number of ether oxygens (including phenoxy) is 1. The first-order chi connectivity index (χ1) is 13.0. The number of carbonyl (C=O) groups excluding carboxylic acids is 2. The molecule has 4 rings (SSSR count). The van der Waals surface area contributed by atoms with Crippen molar-refractivity contribution in [2.24, 2.45) is 0 Å². The average Bonchev–Trinajstić information content (AvgIpc) is 3.07. The Kier molecular flexibility index (Phi) is 4.42. The normalized spacial score (nSPS) is 18.7. The van der Waals surface area contributed by atoms with E-state index in [4.69, 9.17) is 4.74 Å². The van der Waals surface area contributed by atoms with Crippen molar-refractivity contribution in [2.75, 3.05) is 31.6 Å². The molecule has 2 aliphatic heterocycles. The number of anilines is 1. The van der Waals surface area contributed by atoms with Gasteiger partial charge in [0.05, 0.1) is 18.7 Å². The van der Waals surface area contributed by atoms with Gasteiger partial charge in [0.25, 0.3) is 5.91 Å². The lowest BCUT2D eigenvalue weighted by atomic mass is 10.1. The van der Waals surface area contributed by atoms with Crippen LogP contribution in [0.4, 0.5) is 5.69 Å². The number of methoxy groups -OCH3 is 1. The summed E-state index contributed by atoms with van der Waals surface area (Å²) in [6, 6.07) is 8.83. The molecule has 142 valence electrons. The molecule has 6 nitrogen and oxygen atoms in total. The quantitative estimate of drug-likeness (QED) is 0.829. The summed E-state index contributed by atoms with van der Waals surface area (Å²) in [6.45, 7) is 6.03. The fourth-order valence-corrected chi connectivity index (χ4v) is 4.49. The number of aryl methyl sites for hydroxylation is 1. The summed E-state index contributed by atoms with van der Waals surface area (Å²) in [7, 11) is 1.35. The van der Waals surface area contributed by atoms with Gasteiger partial charge in [-0.1, -0.05) is 18.2 Å². The molecular weight excluding hydrogens is 342 g/mol. The minimum absolute atomic E-state index is 0.00536. The number of rotatable bonds is 2. The van der Waals surface area contributed by atoms with Gasteiger partial charge in [-0.2, -0.15) is 0 Å². The van der Waals surface area contributed by atoms with E-state index in [0.717, 1.165) is 25.9 Å². The van der Waals surface area contributed by atoms with Crippen LogP contribution in [0.5, 0.6) is 0 Å². The first-order valence-corrected chi connectivity index (χ1v) is 9.42. The highest BCUT2D eigenvalue weighted by molar-refractivity contribution is 6.01. The van der Waals surface area contributed by atoms with Gasteiger partial charge in [-0.05, 0) is 43.9 Å². The average molecular weight is 367 g/mol. The Morgan fingerprint density at radius 2 is 1.96 bits per heavy atom. The van der Waals surface area contributed by atoms with E-state index < -0.39 is 5.97 Å². The molecule has 1 aromatic carbocycles. The van der Waals surface area contributed by atoms with Crippen molar-refractivity contribution in [2.45, 2.75) is 32.7 Å². The van der Waals surface area contributed by atoms with Crippen LogP contribution in [0, 0.1) is 13.8 Å². The van der Waals surface area contributed by atoms with Crippen molar-refractivity contribution < 1.29 is 14.3 Å². The van der Waals surface area contributed by atoms with E-state index in [1.165, 1.54) is 18.4 Å². The van der Waals surface area contributed by atoms with Crippen LogP contribution in [0.15, 0.2) is 24.3 Å². The Hall–Kier alpha value is -2.76. The van der Waals surface area contributed by atoms with E-state index in [9.17, 15) is 9.59 Å². The molecule has 0 aliphatic carbocycles. The fraction of sp³-hybridized carbons (Fsp3) is 0.429. The second-order valence-electron chi connectivity index (χ2n) is 7.40. The van der Waals surface area contributed by atoms with E-state index in [2.05, 4.69) is 34.1 Å². The molecule has 27 heavy (non-hydrogen) atoms. The molecule has 0 spiro atoms. The Labute approximate surface area is 159 Å². The van der Waals surface area contributed by atoms with Crippen LogP contribution in [0.1, 0.15) is 44.1 Å². The molecule has 1 atom stereocenters. The number of aromatic amines is 1. The maximum Gasteiger partial charge on any atom is 0.354 e. The number of hydrogen-bond acceptors (Lipinski definition) is 4. The molecular formula is C21H25N3O3. The molecule has 0 radical (unpaired) electrons. The lowest BCUT2D eigenvalue weighted by molar-refractivity contribution is 0.0594. The van der Waals surface area contributed by atoms with Gasteiger partial charge >= 0.3 is 5.97 Å². The highest BCUT2D eigenvalue weighted by Gasteiger charge is 2.35. The lowest BCUT2D eigenvalue weighted by Gasteiger charge is -2.27. The van der Waals surface area contributed by atoms with Crippen LogP contribution in [-0.2, 0) is 11.2 Å². The second kappa shape index (κ2) is 6.76. The number of nitrogens with one attached hydrogen (secondary N) is 1. The lowest BCUT2D eigenvalue weighted by Crippen LogP contribution is -2.41. The number of benzene rings is 1. The minimum atomic E-state index is -0.442. The molecule has 2 aliphatic rings. The van der Waals surface area contributed by atoms with Crippen molar-refractivity contribution in [3.63, 3.8) is 0 Å². The SMILES string of the molecule is COC(=O)c1[nH]c(C)c(C(=O)N2CCCN3c4ccccc4CC3C2)c1C. The molecule has 1 amide bonds. The van der Waals surface area contributed by atoms with Crippen LogP contribution in [0.25, 0.3) is 0 Å². The number of para-hydroxylation sites is 1. The highest BCUT2D eigenvalue weighted by atomic mass is 16.5.